The van der Waals surface area contributed by atoms with Gasteiger partial charge in [-0.1, -0.05) is 22.8 Å². The molecule has 0 radical (unpaired) electrons. The number of aryl methyl sites for hydroxylation is 1. The molecule has 0 aliphatic carbocycles. The SMILES string of the molecule is Cc1cc(Nc2ncnc(NNC(=O)c3cccc(Cl)c3)c2N)no1. The molecular weight excluding hydrogens is 346 g/mol. The maximum absolute atomic E-state index is 12.1. The van der Waals surface area contributed by atoms with Crippen LogP contribution in [-0.2, 0) is 0 Å². The third-order valence-electron chi connectivity index (χ3n) is 3.14. The van der Waals surface area contributed by atoms with Gasteiger partial charge in [-0.15, -0.1) is 0 Å². The molecule has 0 aliphatic rings. The van der Waals surface area contributed by atoms with E-state index in [0.29, 0.717) is 28.0 Å². The number of carbonyl (C=O) groups excluding carboxylic acids is 1. The van der Waals surface area contributed by atoms with Crippen LogP contribution in [0.4, 0.5) is 23.1 Å². The fraction of sp³-hybridized carbons (Fsp3) is 0.0667. The lowest BCUT2D eigenvalue weighted by Crippen LogP contribution is -2.30. The number of nitrogen functional groups attached to an aromatic ring is 1. The lowest BCUT2D eigenvalue weighted by molar-refractivity contribution is 0.0962. The number of benzene rings is 1. The molecule has 1 amide bonds. The molecule has 2 heterocycles. The van der Waals surface area contributed by atoms with Crippen LogP contribution < -0.4 is 21.9 Å². The van der Waals surface area contributed by atoms with Crippen molar-refractivity contribution in [1.82, 2.24) is 20.6 Å². The number of nitrogens with zero attached hydrogens (tertiary/aromatic N) is 3. The van der Waals surface area contributed by atoms with Crippen LogP contribution >= 0.6 is 11.6 Å². The normalized spacial score (nSPS) is 10.3. The number of carbonyl (C=O) groups is 1. The third-order valence-corrected chi connectivity index (χ3v) is 3.37. The first-order chi connectivity index (χ1) is 12.0. The molecule has 0 atom stereocenters. The first-order valence-corrected chi connectivity index (χ1v) is 7.53. The van der Waals surface area contributed by atoms with Gasteiger partial charge in [0.15, 0.2) is 17.5 Å². The summed E-state index contributed by atoms with van der Waals surface area (Å²) in [7, 11) is 0. The molecule has 0 saturated heterocycles. The Kier molecular flexibility index (Phi) is 4.66. The number of hydrogen-bond donors (Lipinski definition) is 4. The fourth-order valence-electron chi connectivity index (χ4n) is 1.96. The van der Waals surface area contributed by atoms with Crippen molar-refractivity contribution in [2.75, 3.05) is 16.5 Å². The molecule has 0 fully saturated rings. The van der Waals surface area contributed by atoms with E-state index in [9.17, 15) is 4.79 Å². The summed E-state index contributed by atoms with van der Waals surface area (Å²) < 4.78 is 4.96. The van der Waals surface area contributed by atoms with Crippen LogP contribution in [0.5, 0.6) is 0 Å². The van der Waals surface area contributed by atoms with E-state index in [1.165, 1.54) is 6.33 Å². The lowest BCUT2D eigenvalue weighted by atomic mass is 10.2. The molecule has 128 valence electrons. The van der Waals surface area contributed by atoms with Crippen LogP contribution in [-0.4, -0.2) is 21.0 Å². The van der Waals surface area contributed by atoms with Gasteiger partial charge in [0.05, 0.1) is 0 Å². The summed E-state index contributed by atoms with van der Waals surface area (Å²) in [6.07, 6.45) is 1.29. The van der Waals surface area contributed by atoms with Gasteiger partial charge in [-0.3, -0.25) is 15.6 Å². The summed E-state index contributed by atoms with van der Waals surface area (Å²) >= 11 is 5.87. The van der Waals surface area contributed by atoms with E-state index in [1.807, 2.05) is 0 Å². The highest BCUT2D eigenvalue weighted by Crippen LogP contribution is 2.25. The Bertz CT molecular complexity index is 912. The Morgan fingerprint density at radius 3 is 2.76 bits per heavy atom. The molecule has 0 aliphatic heterocycles. The Morgan fingerprint density at radius 2 is 2.04 bits per heavy atom. The average molecular weight is 360 g/mol. The largest absolute Gasteiger partial charge is 0.393 e. The molecule has 5 N–H and O–H groups in total. The van der Waals surface area contributed by atoms with Gasteiger partial charge in [0.2, 0.25) is 0 Å². The second kappa shape index (κ2) is 7.05. The van der Waals surface area contributed by atoms with E-state index in [0.717, 1.165) is 0 Å². The van der Waals surface area contributed by atoms with Crippen molar-refractivity contribution in [3.63, 3.8) is 0 Å². The number of hydrogen-bond acceptors (Lipinski definition) is 8. The summed E-state index contributed by atoms with van der Waals surface area (Å²) in [6, 6.07) is 8.22. The first kappa shape index (κ1) is 16.5. The van der Waals surface area contributed by atoms with Crippen LogP contribution in [0.3, 0.4) is 0 Å². The average Bonchev–Trinajstić information content (AvgIpc) is 3.00. The molecule has 3 rings (SSSR count). The monoisotopic (exact) mass is 359 g/mol. The zero-order valence-electron chi connectivity index (χ0n) is 13.1. The maximum Gasteiger partial charge on any atom is 0.269 e. The minimum Gasteiger partial charge on any atom is -0.393 e. The van der Waals surface area contributed by atoms with Crippen molar-refractivity contribution < 1.29 is 9.32 Å². The van der Waals surface area contributed by atoms with Crippen molar-refractivity contribution >= 4 is 40.6 Å². The molecule has 0 saturated carbocycles. The third kappa shape index (κ3) is 3.96. The smallest absolute Gasteiger partial charge is 0.269 e. The predicted molar refractivity (Wildman–Crippen MR) is 93.5 cm³/mol. The molecule has 0 bridgehead atoms. The van der Waals surface area contributed by atoms with E-state index in [-0.39, 0.29) is 17.4 Å². The summed E-state index contributed by atoms with van der Waals surface area (Å²) in [5, 5.41) is 7.17. The van der Waals surface area contributed by atoms with E-state index >= 15 is 0 Å². The number of halogens is 1. The van der Waals surface area contributed by atoms with Gasteiger partial charge in [0.25, 0.3) is 5.91 Å². The zero-order chi connectivity index (χ0) is 17.8. The lowest BCUT2D eigenvalue weighted by Gasteiger charge is -2.12. The Morgan fingerprint density at radius 1 is 1.24 bits per heavy atom. The topological polar surface area (TPSA) is 131 Å². The highest BCUT2D eigenvalue weighted by atomic mass is 35.5. The van der Waals surface area contributed by atoms with Crippen LogP contribution in [0, 0.1) is 6.92 Å². The number of anilines is 4. The minimum atomic E-state index is -0.387. The van der Waals surface area contributed by atoms with E-state index in [2.05, 4.69) is 31.3 Å². The van der Waals surface area contributed by atoms with Crippen LogP contribution in [0.15, 0.2) is 41.2 Å². The van der Waals surface area contributed by atoms with Crippen LogP contribution in [0.1, 0.15) is 16.1 Å². The van der Waals surface area contributed by atoms with Crippen molar-refractivity contribution in [1.29, 1.82) is 0 Å². The number of nitrogens with two attached hydrogens (primary N) is 1. The molecular formula is C15H14ClN7O2. The second-order valence-electron chi connectivity index (χ2n) is 5.02. The highest BCUT2D eigenvalue weighted by molar-refractivity contribution is 6.30. The molecule has 2 aromatic heterocycles. The zero-order valence-corrected chi connectivity index (χ0v) is 13.8. The van der Waals surface area contributed by atoms with Gasteiger partial charge in [0.1, 0.15) is 17.8 Å². The molecule has 10 heteroatoms. The van der Waals surface area contributed by atoms with Crippen LogP contribution in [0.25, 0.3) is 0 Å². The summed E-state index contributed by atoms with van der Waals surface area (Å²) in [6.45, 7) is 1.76. The van der Waals surface area contributed by atoms with Gasteiger partial charge in [-0.2, -0.15) is 0 Å². The Balaban J connectivity index is 1.70. The Labute approximate surface area is 147 Å². The highest BCUT2D eigenvalue weighted by Gasteiger charge is 2.12. The van der Waals surface area contributed by atoms with Gasteiger partial charge in [0, 0.05) is 16.7 Å². The predicted octanol–water partition coefficient (Wildman–Crippen LogP) is 2.51. The van der Waals surface area contributed by atoms with Crippen molar-refractivity contribution in [2.24, 2.45) is 0 Å². The van der Waals surface area contributed by atoms with E-state index < -0.39 is 0 Å². The van der Waals surface area contributed by atoms with Gasteiger partial charge in [-0.25, -0.2) is 9.97 Å². The van der Waals surface area contributed by atoms with Gasteiger partial charge in [-0.05, 0) is 25.1 Å². The van der Waals surface area contributed by atoms with Gasteiger partial charge >= 0.3 is 0 Å². The Hall–Kier alpha value is -3.33. The summed E-state index contributed by atoms with van der Waals surface area (Å²) in [5.41, 5.74) is 11.8. The first-order valence-electron chi connectivity index (χ1n) is 7.15. The number of amides is 1. The minimum absolute atomic E-state index is 0.203. The van der Waals surface area contributed by atoms with E-state index in [1.54, 1.807) is 37.3 Å². The molecule has 25 heavy (non-hydrogen) atoms. The summed E-state index contributed by atoms with van der Waals surface area (Å²) in [4.78, 5) is 20.1. The van der Waals surface area contributed by atoms with E-state index in [4.69, 9.17) is 21.9 Å². The number of hydrazine groups is 1. The summed E-state index contributed by atoms with van der Waals surface area (Å²) in [5.74, 6) is 1.26. The number of nitrogens with one attached hydrogen (secondary N) is 3. The standard InChI is InChI=1S/C15H14ClN7O2/c1-8-5-11(23-25-8)20-13-12(17)14(19-7-18-13)21-22-15(24)9-3-2-4-10(16)6-9/h2-7H,17H2,1H3,(H,22,24)(H2,18,19,20,21,23). The van der Waals surface area contributed by atoms with Crippen molar-refractivity contribution in [3.05, 3.63) is 53.0 Å². The second-order valence-corrected chi connectivity index (χ2v) is 5.46. The van der Waals surface area contributed by atoms with Crippen molar-refractivity contribution in [2.45, 2.75) is 6.92 Å². The molecule has 0 unspecified atom stereocenters. The quantitative estimate of drug-likeness (QED) is 0.511. The molecule has 9 nitrogen and oxygen atoms in total. The molecule has 1 aromatic carbocycles. The number of rotatable bonds is 5. The maximum atomic E-state index is 12.1. The van der Waals surface area contributed by atoms with Gasteiger partial charge < -0.3 is 15.6 Å². The number of aromatic nitrogens is 3. The fourth-order valence-corrected chi connectivity index (χ4v) is 2.15. The molecule has 3 aromatic rings. The van der Waals surface area contributed by atoms with Crippen molar-refractivity contribution in [3.8, 4) is 0 Å². The van der Waals surface area contributed by atoms with Crippen LogP contribution in [0.2, 0.25) is 5.02 Å². The molecule has 0 spiro atoms.